The predicted molar refractivity (Wildman–Crippen MR) is 109 cm³/mol. The lowest BCUT2D eigenvalue weighted by atomic mass is 10.2. The molecule has 1 N–H and O–H groups in total. The minimum absolute atomic E-state index is 0.182. The van der Waals surface area contributed by atoms with Gasteiger partial charge in [0.25, 0.3) is 0 Å². The van der Waals surface area contributed by atoms with Crippen LogP contribution in [0.3, 0.4) is 0 Å². The van der Waals surface area contributed by atoms with Gasteiger partial charge in [-0.1, -0.05) is 6.07 Å². The van der Waals surface area contributed by atoms with Crippen LogP contribution in [0.25, 0.3) is 0 Å². The second-order valence-corrected chi connectivity index (χ2v) is 6.63. The lowest BCUT2D eigenvalue weighted by Gasteiger charge is -2.36. The Labute approximate surface area is 173 Å². The van der Waals surface area contributed by atoms with Crippen LogP contribution in [0, 0.1) is 0 Å². The van der Waals surface area contributed by atoms with Crippen LogP contribution in [-0.2, 0) is 6.18 Å². The van der Waals surface area contributed by atoms with Crippen molar-refractivity contribution < 1.29 is 17.9 Å². The van der Waals surface area contributed by atoms with Gasteiger partial charge < -0.3 is 19.9 Å². The van der Waals surface area contributed by atoms with Crippen molar-refractivity contribution in [2.45, 2.75) is 13.1 Å². The molecule has 10 heteroatoms. The fourth-order valence-corrected chi connectivity index (χ4v) is 3.08. The molecule has 0 bridgehead atoms. The van der Waals surface area contributed by atoms with E-state index < -0.39 is 11.7 Å². The van der Waals surface area contributed by atoms with E-state index in [4.69, 9.17) is 4.74 Å². The van der Waals surface area contributed by atoms with E-state index in [9.17, 15) is 13.2 Å². The van der Waals surface area contributed by atoms with Crippen molar-refractivity contribution in [3.8, 4) is 5.75 Å². The summed E-state index contributed by atoms with van der Waals surface area (Å²) in [7, 11) is 0. The summed E-state index contributed by atoms with van der Waals surface area (Å²) < 4.78 is 43.8. The second-order valence-electron chi connectivity index (χ2n) is 6.63. The van der Waals surface area contributed by atoms with Crippen molar-refractivity contribution in [3.63, 3.8) is 0 Å². The highest BCUT2D eigenvalue weighted by molar-refractivity contribution is 5.80. The number of hydrogen-bond donors (Lipinski definition) is 1. The molecule has 1 aliphatic heterocycles. The summed E-state index contributed by atoms with van der Waals surface area (Å²) in [6, 6.07) is 6.65. The summed E-state index contributed by atoms with van der Waals surface area (Å²) in [4.78, 5) is 17.4. The van der Waals surface area contributed by atoms with Gasteiger partial charge in [0.2, 0.25) is 5.95 Å². The van der Waals surface area contributed by atoms with Crippen molar-refractivity contribution in [3.05, 3.63) is 48.3 Å². The Hall–Kier alpha value is -3.04. The number of guanidine groups is 1. The first kappa shape index (κ1) is 21.7. The molecule has 0 radical (unpaired) electrons. The van der Waals surface area contributed by atoms with Crippen LogP contribution in [0.5, 0.6) is 5.75 Å². The lowest BCUT2D eigenvalue weighted by Crippen LogP contribution is -2.53. The fourth-order valence-electron chi connectivity index (χ4n) is 3.08. The van der Waals surface area contributed by atoms with Gasteiger partial charge in [0.15, 0.2) is 5.96 Å². The van der Waals surface area contributed by atoms with E-state index in [2.05, 4.69) is 30.1 Å². The quantitative estimate of drug-likeness (QED) is 0.439. The van der Waals surface area contributed by atoms with Gasteiger partial charge in [-0.3, -0.25) is 0 Å². The van der Waals surface area contributed by atoms with Crippen molar-refractivity contribution >= 4 is 11.9 Å². The van der Waals surface area contributed by atoms with Gasteiger partial charge >= 0.3 is 6.18 Å². The maximum Gasteiger partial charge on any atom is 0.416 e. The molecule has 1 aromatic carbocycles. The van der Waals surface area contributed by atoms with Crippen LogP contribution >= 0.6 is 0 Å². The predicted octanol–water partition coefficient (Wildman–Crippen LogP) is 2.66. The molecule has 0 atom stereocenters. The third kappa shape index (κ3) is 5.98. The molecular weight excluding hydrogens is 397 g/mol. The van der Waals surface area contributed by atoms with Gasteiger partial charge in [0.05, 0.1) is 12.1 Å². The fraction of sp³-hybridized carbons (Fsp3) is 0.450. The van der Waals surface area contributed by atoms with Crippen molar-refractivity contribution in [1.29, 1.82) is 0 Å². The molecule has 162 valence electrons. The number of halogens is 3. The molecule has 0 amide bonds. The summed E-state index contributed by atoms with van der Waals surface area (Å²) in [5.41, 5.74) is -0.725. The summed E-state index contributed by atoms with van der Waals surface area (Å²) in [5, 5.41) is 3.26. The number of aromatic nitrogens is 2. The number of nitrogens with one attached hydrogen (secondary N) is 1. The van der Waals surface area contributed by atoms with E-state index in [0.29, 0.717) is 12.5 Å². The average Bonchev–Trinajstić information content (AvgIpc) is 2.76. The Morgan fingerprint density at radius 3 is 2.53 bits per heavy atom. The minimum atomic E-state index is -4.39. The molecule has 1 aromatic heterocycles. The zero-order chi connectivity index (χ0) is 21.4. The molecule has 2 heterocycles. The lowest BCUT2D eigenvalue weighted by molar-refractivity contribution is -0.137. The number of nitrogens with zero attached hydrogens (tertiary/aromatic N) is 5. The molecule has 7 nitrogen and oxygen atoms in total. The molecule has 1 saturated heterocycles. The zero-order valence-electron chi connectivity index (χ0n) is 16.8. The van der Waals surface area contributed by atoms with E-state index in [1.807, 2.05) is 6.92 Å². The van der Waals surface area contributed by atoms with Gasteiger partial charge in [-0.2, -0.15) is 13.2 Å². The average molecular weight is 422 g/mol. The van der Waals surface area contributed by atoms with Crippen LogP contribution in [0.4, 0.5) is 19.1 Å². The van der Waals surface area contributed by atoms with E-state index >= 15 is 0 Å². The monoisotopic (exact) mass is 422 g/mol. The maximum atomic E-state index is 12.8. The number of piperazine rings is 1. The van der Waals surface area contributed by atoms with Gasteiger partial charge in [-0.15, -0.1) is 0 Å². The van der Waals surface area contributed by atoms with Gasteiger partial charge in [0.1, 0.15) is 12.4 Å². The van der Waals surface area contributed by atoms with E-state index in [1.165, 1.54) is 12.1 Å². The van der Waals surface area contributed by atoms with E-state index in [1.54, 1.807) is 18.5 Å². The first-order valence-corrected chi connectivity index (χ1v) is 9.82. The van der Waals surface area contributed by atoms with Crippen molar-refractivity contribution in [1.82, 2.24) is 20.2 Å². The zero-order valence-corrected chi connectivity index (χ0v) is 16.8. The van der Waals surface area contributed by atoms with Crippen molar-refractivity contribution in [2.75, 3.05) is 50.8 Å². The summed E-state index contributed by atoms with van der Waals surface area (Å²) in [6.07, 6.45) is -0.933. The molecule has 0 saturated carbocycles. The Morgan fingerprint density at radius 2 is 1.87 bits per heavy atom. The summed E-state index contributed by atoms with van der Waals surface area (Å²) in [5.74, 6) is 1.66. The molecule has 0 unspecified atom stereocenters. The Bertz CT molecular complexity index is 823. The van der Waals surface area contributed by atoms with Crippen LogP contribution in [-0.4, -0.2) is 66.7 Å². The number of alkyl halides is 3. The third-order valence-electron chi connectivity index (χ3n) is 4.53. The van der Waals surface area contributed by atoms with Crippen molar-refractivity contribution in [2.24, 2.45) is 4.99 Å². The number of ether oxygens (including phenoxy) is 1. The molecule has 30 heavy (non-hydrogen) atoms. The third-order valence-corrected chi connectivity index (χ3v) is 4.53. The summed E-state index contributed by atoms with van der Waals surface area (Å²) >= 11 is 0. The normalized spacial score (nSPS) is 15.3. The van der Waals surface area contributed by atoms with E-state index in [0.717, 1.165) is 50.8 Å². The molecule has 2 aromatic rings. The van der Waals surface area contributed by atoms with Crippen LogP contribution in [0.15, 0.2) is 47.7 Å². The first-order chi connectivity index (χ1) is 14.5. The standard InChI is InChI=1S/C20H25F3N6O/c1-2-24-18(28-10-12-29(13-11-28)19-25-7-4-8-26-19)27-9-14-30-17-6-3-5-16(15-17)20(21,22)23/h3-8,15H,2,9-14H2,1H3,(H,24,27). The van der Waals surface area contributed by atoms with Crippen LogP contribution in [0.1, 0.15) is 12.5 Å². The van der Waals surface area contributed by atoms with E-state index in [-0.39, 0.29) is 12.4 Å². The number of hydrogen-bond acceptors (Lipinski definition) is 5. The summed E-state index contributed by atoms with van der Waals surface area (Å²) in [6.45, 7) is 6.30. The Morgan fingerprint density at radius 1 is 1.13 bits per heavy atom. The smallest absolute Gasteiger partial charge is 0.416 e. The van der Waals surface area contributed by atoms with Crippen LogP contribution < -0.4 is 15.0 Å². The number of aliphatic imine (C=N–C) groups is 1. The number of benzene rings is 1. The first-order valence-electron chi connectivity index (χ1n) is 9.82. The van der Waals surface area contributed by atoms with Gasteiger partial charge in [0, 0.05) is 45.1 Å². The SMILES string of the molecule is CCNC(=NCCOc1cccc(C(F)(F)F)c1)N1CCN(c2ncccn2)CC1. The molecule has 0 aliphatic carbocycles. The van der Waals surface area contributed by atoms with Gasteiger partial charge in [-0.05, 0) is 31.2 Å². The number of rotatable bonds is 6. The highest BCUT2D eigenvalue weighted by Crippen LogP contribution is 2.31. The van der Waals surface area contributed by atoms with Gasteiger partial charge in [-0.25, -0.2) is 15.0 Å². The molecule has 1 aliphatic rings. The second kappa shape index (κ2) is 10.1. The largest absolute Gasteiger partial charge is 0.492 e. The highest BCUT2D eigenvalue weighted by atomic mass is 19.4. The molecule has 3 rings (SSSR count). The molecule has 0 spiro atoms. The maximum absolute atomic E-state index is 12.8. The van der Waals surface area contributed by atoms with Crippen LogP contribution in [0.2, 0.25) is 0 Å². The highest BCUT2D eigenvalue weighted by Gasteiger charge is 2.30. The Balaban J connectivity index is 1.51. The topological polar surface area (TPSA) is 65.9 Å². The minimum Gasteiger partial charge on any atom is -0.492 e. The molecular formula is C20H25F3N6O. The number of anilines is 1. The Kier molecular flexibility index (Phi) is 7.31. The molecule has 1 fully saturated rings.